The van der Waals surface area contributed by atoms with E-state index in [1.165, 1.54) is 116 Å². The summed E-state index contributed by atoms with van der Waals surface area (Å²) in [6.45, 7) is 6.70. The van der Waals surface area contributed by atoms with Crippen LogP contribution in [0.4, 0.5) is 0 Å². The smallest absolute Gasteiger partial charge is 0.550 e. The van der Waals surface area contributed by atoms with Gasteiger partial charge in [0.2, 0.25) is 0 Å². The molecule has 0 aromatic rings. The molecule has 0 aliphatic rings. The molecule has 0 unspecified atom stereocenters. The molecule has 0 aliphatic heterocycles. The summed E-state index contributed by atoms with van der Waals surface area (Å²) in [4.78, 5) is 30.6. The predicted octanol–water partition coefficient (Wildman–Crippen LogP) is 13.6. The molecule has 0 fully saturated rings. The Kier molecular flexibility index (Phi) is 65.9. The molecular weight excluding hydrogens is 846 g/mol. The van der Waals surface area contributed by atoms with Crippen molar-refractivity contribution in [2.45, 2.75) is 252 Å². The zero-order valence-electron chi connectivity index (χ0n) is 39.7. The van der Waals surface area contributed by atoms with Gasteiger partial charge in [0.25, 0.3) is 0 Å². The van der Waals surface area contributed by atoms with E-state index in [0.29, 0.717) is 0 Å². The molecule has 0 N–H and O–H groups in total. The first kappa shape index (κ1) is 65.1. The molecule has 0 atom stereocenters. The fourth-order valence-corrected chi connectivity index (χ4v) is 6.24. The van der Waals surface area contributed by atoms with Crippen molar-refractivity contribution in [1.29, 1.82) is 0 Å². The van der Waals surface area contributed by atoms with E-state index in [4.69, 9.17) is 0 Å². The fraction of sp³-hybridized carbons (Fsp3) is 0.722. The van der Waals surface area contributed by atoms with Gasteiger partial charge < -0.3 is 29.7 Å². The molecule has 353 valence electrons. The average Bonchev–Trinajstić information content (AvgIpc) is 3.22. The van der Waals surface area contributed by atoms with Crippen molar-refractivity contribution in [2.24, 2.45) is 0 Å². The number of unbranched alkanes of at least 4 members (excludes halogenated alkanes) is 24. The fourth-order valence-electron chi connectivity index (χ4n) is 6.24. The van der Waals surface area contributed by atoms with E-state index in [2.05, 4.69) is 93.7 Å². The van der Waals surface area contributed by atoms with E-state index in [9.17, 15) is 29.7 Å². The molecule has 0 bridgehead atoms. The van der Waals surface area contributed by atoms with E-state index in [-0.39, 0.29) is 38.7 Å². The van der Waals surface area contributed by atoms with Gasteiger partial charge in [-0.3, -0.25) is 0 Å². The summed E-state index contributed by atoms with van der Waals surface area (Å²) in [6, 6.07) is 0. The summed E-state index contributed by atoms with van der Waals surface area (Å²) in [7, 11) is 0. The van der Waals surface area contributed by atoms with E-state index < -0.39 is 17.9 Å². The van der Waals surface area contributed by atoms with Crippen LogP contribution in [0.2, 0.25) is 0 Å². The number of aliphatic carboxylic acids is 3. The topological polar surface area (TPSA) is 120 Å². The molecule has 6 nitrogen and oxygen atoms in total. The number of carboxylic acid groups (broad SMARTS) is 3. The molecule has 1 radical (unpaired) electrons. The van der Waals surface area contributed by atoms with Gasteiger partial charge in [0.15, 0.2) is 0 Å². The molecule has 0 aromatic heterocycles. The van der Waals surface area contributed by atoms with Crippen LogP contribution in [0.1, 0.15) is 252 Å². The first-order valence-electron chi connectivity index (χ1n) is 24.8. The zero-order valence-corrected chi connectivity index (χ0v) is 41.4. The minimum Gasteiger partial charge on any atom is -0.550 e. The van der Waals surface area contributed by atoms with Crippen LogP contribution in [0.3, 0.4) is 0 Å². The monoisotopic (exact) mass is 940 g/mol. The molecule has 0 amide bonds. The Balaban J connectivity index is -0.000000396. The van der Waals surface area contributed by atoms with E-state index in [0.717, 1.165) is 96.3 Å². The van der Waals surface area contributed by atoms with Crippen LogP contribution in [0.15, 0.2) is 72.9 Å². The van der Waals surface area contributed by atoms with Gasteiger partial charge >= 0.3 is 19.5 Å². The number of hydrogen-bond acceptors (Lipinski definition) is 6. The van der Waals surface area contributed by atoms with Crippen molar-refractivity contribution >= 4 is 17.9 Å². The first-order valence-corrected chi connectivity index (χ1v) is 24.8. The van der Waals surface area contributed by atoms with Crippen molar-refractivity contribution in [3.05, 3.63) is 72.9 Å². The summed E-state index contributed by atoms with van der Waals surface area (Å²) in [5.41, 5.74) is 0. The third-order valence-corrected chi connectivity index (χ3v) is 9.99. The molecule has 0 aliphatic carbocycles. The average molecular weight is 939 g/mol. The van der Waals surface area contributed by atoms with Crippen molar-refractivity contribution in [3.8, 4) is 0 Å². The SMILES string of the molecule is CCCCC/C=C\C/C=C\CCCCCCCC(=O)[O-].CCCCC/C=C\C/C=C\CCCCCCCC(=O)[O-].CCCCC/C=C\C/C=C\CCCCCCCC(=O)[O-].[Ru+3]. The Labute approximate surface area is 390 Å². The van der Waals surface area contributed by atoms with Crippen LogP contribution in [0.5, 0.6) is 0 Å². The van der Waals surface area contributed by atoms with Crippen LogP contribution in [-0.4, -0.2) is 17.9 Å². The Morgan fingerprint density at radius 2 is 0.459 bits per heavy atom. The normalized spacial score (nSPS) is 11.5. The Hall–Kier alpha value is -2.53. The van der Waals surface area contributed by atoms with Crippen LogP contribution in [0, 0.1) is 0 Å². The Morgan fingerprint density at radius 1 is 0.279 bits per heavy atom. The number of hydrogen-bond donors (Lipinski definition) is 0. The first-order chi connectivity index (χ1) is 29.3. The maximum absolute atomic E-state index is 10.2. The zero-order chi connectivity index (χ0) is 44.7. The Bertz CT molecular complexity index is 940. The van der Waals surface area contributed by atoms with Crippen molar-refractivity contribution < 1.29 is 49.2 Å². The van der Waals surface area contributed by atoms with Crippen molar-refractivity contribution in [2.75, 3.05) is 0 Å². The summed E-state index contributed by atoms with van der Waals surface area (Å²) < 4.78 is 0. The van der Waals surface area contributed by atoms with Gasteiger partial charge in [-0.1, -0.05) is 190 Å². The largest absolute Gasteiger partial charge is 3.00 e. The molecule has 0 aromatic carbocycles. The van der Waals surface area contributed by atoms with Gasteiger partial charge in [0, 0.05) is 17.9 Å². The third-order valence-electron chi connectivity index (χ3n) is 9.99. The second-order valence-electron chi connectivity index (χ2n) is 16.1. The second kappa shape index (κ2) is 61.8. The minimum atomic E-state index is -0.921. The molecule has 0 saturated heterocycles. The number of allylic oxidation sites excluding steroid dienone is 12. The summed E-state index contributed by atoms with van der Waals surface area (Å²) in [5.74, 6) is -2.76. The van der Waals surface area contributed by atoms with Gasteiger partial charge in [0.1, 0.15) is 0 Å². The van der Waals surface area contributed by atoms with Crippen LogP contribution in [0.25, 0.3) is 0 Å². The molecule has 7 heteroatoms. The summed E-state index contributed by atoms with van der Waals surface area (Å²) in [6.07, 6.45) is 65.8. The van der Waals surface area contributed by atoms with E-state index in [1.807, 2.05) is 0 Å². The van der Waals surface area contributed by atoms with E-state index in [1.54, 1.807) is 0 Å². The van der Waals surface area contributed by atoms with Gasteiger partial charge in [-0.05, 0) is 135 Å². The van der Waals surface area contributed by atoms with Crippen molar-refractivity contribution in [3.63, 3.8) is 0 Å². The molecule has 0 heterocycles. The quantitative estimate of drug-likeness (QED) is 0.0341. The van der Waals surface area contributed by atoms with Crippen LogP contribution in [-0.2, 0) is 33.9 Å². The molecular formula is C54H93O6Ru. The summed E-state index contributed by atoms with van der Waals surface area (Å²) >= 11 is 0. The molecule has 0 rings (SSSR count). The standard InChI is InChI=1S/3C18H32O2.Ru/c3*1-2-3-4-5-6-7-8-9-10-11-12-13-14-15-16-17-18(19)20;/h3*6-7,9-10H,2-5,8,11-17H2,1H3,(H,19,20);/q;;;+3/p-3/b3*7-6-,10-9-;. The minimum absolute atomic E-state index is 0. The molecule has 0 saturated carbocycles. The summed E-state index contributed by atoms with van der Waals surface area (Å²) in [5, 5.41) is 30.6. The number of carbonyl (C=O) groups is 3. The predicted molar refractivity (Wildman–Crippen MR) is 253 cm³/mol. The van der Waals surface area contributed by atoms with Crippen molar-refractivity contribution in [1.82, 2.24) is 0 Å². The molecule has 61 heavy (non-hydrogen) atoms. The van der Waals surface area contributed by atoms with Gasteiger partial charge in [-0.25, -0.2) is 0 Å². The van der Waals surface area contributed by atoms with Gasteiger partial charge in [-0.2, -0.15) is 0 Å². The number of carboxylic acids is 3. The van der Waals surface area contributed by atoms with Gasteiger partial charge in [-0.15, -0.1) is 0 Å². The van der Waals surface area contributed by atoms with Crippen LogP contribution < -0.4 is 15.3 Å². The van der Waals surface area contributed by atoms with Crippen LogP contribution >= 0.6 is 0 Å². The third kappa shape index (κ3) is 75.3. The maximum atomic E-state index is 10.2. The van der Waals surface area contributed by atoms with E-state index >= 15 is 0 Å². The number of carbonyl (C=O) groups excluding carboxylic acids is 3. The number of rotatable bonds is 42. The Morgan fingerprint density at radius 3 is 0.656 bits per heavy atom. The maximum Gasteiger partial charge on any atom is 3.00 e. The van der Waals surface area contributed by atoms with Gasteiger partial charge in [0.05, 0.1) is 0 Å². The molecule has 0 spiro atoms. The second-order valence-corrected chi connectivity index (χ2v) is 16.1.